The summed E-state index contributed by atoms with van der Waals surface area (Å²) in [5, 5.41) is 15.5. The second-order valence-electron chi connectivity index (χ2n) is 4.43. The zero-order valence-corrected chi connectivity index (χ0v) is 9.90. The number of pyridine rings is 1. The number of anilines is 1. The van der Waals surface area contributed by atoms with Crippen LogP contribution in [0.1, 0.15) is 0 Å². The van der Waals surface area contributed by atoms with Crippen LogP contribution in [-0.4, -0.2) is 26.2 Å². The van der Waals surface area contributed by atoms with Crippen molar-refractivity contribution in [2.45, 2.75) is 0 Å². The van der Waals surface area contributed by atoms with E-state index in [9.17, 15) is 9.60 Å². The number of piperazine rings is 1. The van der Waals surface area contributed by atoms with Gasteiger partial charge in [0.15, 0.2) is 6.20 Å². The third-order valence-electron chi connectivity index (χ3n) is 3.29. The maximum Gasteiger partial charge on any atom is 0.226 e. The van der Waals surface area contributed by atoms with Gasteiger partial charge in [0.1, 0.15) is 5.82 Å². The molecule has 0 unspecified atom stereocenters. The van der Waals surface area contributed by atoms with Crippen molar-refractivity contribution in [2.24, 2.45) is 0 Å². The molecule has 3 rings (SSSR count). The standard InChI is InChI=1S/C13H14FN3O/c14-11-8-10-2-1-5-17(18)12(10)9-13(11)16-6-3-15-4-7-16/h1-2,5,8-9,15H,3-4,6-7H2. The molecule has 4 nitrogen and oxygen atoms in total. The highest BCUT2D eigenvalue weighted by atomic mass is 19.1. The fourth-order valence-electron chi connectivity index (χ4n) is 2.34. The van der Waals surface area contributed by atoms with Crippen LogP contribution in [0.3, 0.4) is 0 Å². The Bertz CT molecular complexity index is 582. The smallest absolute Gasteiger partial charge is 0.226 e. The molecule has 5 heteroatoms. The van der Waals surface area contributed by atoms with Crippen LogP contribution < -0.4 is 14.9 Å². The Morgan fingerprint density at radius 2 is 2.06 bits per heavy atom. The van der Waals surface area contributed by atoms with Crippen molar-refractivity contribution in [1.29, 1.82) is 0 Å². The number of aromatic nitrogens is 1. The highest BCUT2D eigenvalue weighted by Crippen LogP contribution is 2.24. The van der Waals surface area contributed by atoms with Crippen molar-refractivity contribution < 1.29 is 9.12 Å². The summed E-state index contributed by atoms with van der Waals surface area (Å²) in [4.78, 5) is 1.97. The first-order valence-corrected chi connectivity index (χ1v) is 6.03. The van der Waals surface area contributed by atoms with E-state index in [1.165, 1.54) is 12.3 Å². The summed E-state index contributed by atoms with van der Waals surface area (Å²) in [5.74, 6) is -0.268. The number of halogens is 1. The number of fused-ring (bicyclic) bond motifs is 1. The van der Waals surface area contributed by atoms with E-state index < -0.39 is 0 Å². The van der Waals surface area contributed by atoms with E-state index in [2.05, 4.69) is 5.32 Å². The number of nitrogens with one attached hydrogen (secondary N) is 1. The van der Waals surface area contributed by atoms with Gasteiger partial charge in [0.05, 0.1) is 11.1 Å². The molecule has 1 aromatic carbocycles. The molecule has 94 valence electrons. The van der Waals surface area contributed by atoms with Crippen molar-refractivity contribution in [3.8, 4) is 0 Å². The monoisotopic (exact) mass is 247 g/mol. The van der Waals surface area contributed by atoms with Gasteiger partial charge in [-0.25, -0.2) is 4.39 Å². The Labute approximate surface area is 104 Å². The topological polar surface area (TPSA) is 42.2 Å². The van der Waals surface area contributed by atoms with Gasteiger partial charge in [-0.15, -0.1) is 0 Å². The van der Waals surface area contributed by atoms with Gasteiger partial charge in [0.25, 0.3) is 0 Å². The SMILES string of the molecule is [O-][n+]1cccc2cc(F)c(N3CCNCC3)cc21. The van der Waals surface area contributed by atoms with E-state index in [-0.39, 0.29) is 5.82 Å². The first-order chi connectivity index (χ1) is 8.75. The van der Waals surface area contributed by atoms with E-state index in [1.54, 1.807) is 18.2 Å². The Kier molecular flexibility index (Phi) is 2.76. The predicted octanol–water partition coefficient (Wildman–Crippen LogP) is 1.02. The third-order valence-corrected chi connectivity index (χ3v) is 3.29. The molecule has 0 saturated carbocycles. The molecule has 2 heterocycles. The van der Waals surface area contributed by atoms with E-state index in [1.807, 2.05) is 4.90 Å². The average molecular weight is 247 g/mol. The van der Waals surface area contributed by atoms with E-state index >= 15 is 0 Å². The van der Waals surface area contributed by atoms with E-state index in [0.29, 0.717) is 16.6 Å². The molecule has 0 atom stereocenters. The van der Waals surface area contributed by atoms with Gasteiger partial charge in [-0.1, -0.05) is 0 Å². The second kappa shape index (κ2) is 4.42. The molecule has 0 bridgehead atoms. The fourth-order valence-corrected chi connectivity index (χ4v) is 2.34. The van der Waals surface area contributed by atoms with Gasteiger partial charge >= 0.3 is 0 Å². The summed E-state index contributed by atoms with van der Waals surface area (Å²) in [6.45, 7) is 3.19. The number of rotatable bonds is 1. The first-order valence-electron chi connectivity index (χ1n) is 6.03. The molecule has 0 aliphatic carbocycles. The number of nitrogens with zero attached hydrogens (tertiary/aromatic N) is 2. The van der Waals surface area contributed by atoms with Crippen LogP contribution in [-0.2, 0) is 0 Å². The largest absolute Gasteiger partial charge is 0.618 e. The minimum atomic E-state index is -0.268. The van der Waals surface area contributed by atoms with Gasteiger partial charge in [0, 0.05) is 38.3 Å². The van der Waals surface area contributed by atoms with Gasteiger partial charge in [-0.3, -0.25) is 0 Å². The summed E-state index contributed by atoms with van der Waals surface area (Å²) < 4.78 is 14.8. The first kappa shape index (κ1) is 11.2. The minimum absolute atomic E-state index is 0.268. The van der Waals surface area contributed by atoms with Crippen LogP contribution in [0.4, 0.5) is 10.1 Å². The molecule has 2 aromatic rings. The van der Waals surface area contributed by atoms with E-state index in [4.69, 9.17) is 0 Å². The van der Waals surface area contributed by atoms with Gasteiger partial charge in [0.2, 0.25) is 5.52 Å². The zero-order chi connectivity index (χ0) is 12.5. The van der Waals surface area contributed by atoms with Crippen LogP contribution in [0.5, 0.6) is 0 Å². The normalized spacial score (nSPS) is 16.2. The van der Waals surface area contributed by atoms with Crippen LogP contribution in [0.2, 0.25) is 0 Å². The lowest BCUT2D eigenvalue weighted by Crippen LogP contribution is -2.44. The van der Waals surface area contributed by atoms with Gasteiger partial charge < -0.3 is 15.4 Å². The minimum Gasteiger partial charge on any atom is -0.618 e. The van der Waals surface area contributed by atoms with Crippen LogP contribution in [0, 0.1) is 11.0 Å². The number of hydrogen-bond acceptors (Lipinski definition) is 3. The molecule has 1 aliphatic rings. The lowest BCUT2D eigenvalue weighted by molar-refractivity contribution is -0.577. The highest BCUT2D eigenvalue weighted by Gasteiger charge is 2.17. The summed E-state index contributed by atoms with van der Waals surface area (Å²) in [5.41, 5.74) is 1.02. The molecule has 1 N–H and O–H groups in total. The molecule has 1 fully saturated rings. The van der Waals surface area contributed by atoms with Crippen molar-refractivity contribution in [3.63, 3.8) is 0 Å². The van der Waals surface area contributed by atoms with Crippen molar-refractivity contribution in [2.75, 3.05) is 31.1 Å². The van der Waals surface area contributed by atoms with Crippen molar-refractivity contribution >= 4 is 16.6 Å². The summed E-state index contributed by atoms with van der Waals surface area (Å²) in [6.07, 6.45) is 1.43. The molecule has 1 saturated heterocycles. The Morgan fingerprint density at radius 1 is 1.28 bits per heavy atom. The zero-order valence-electron chi connectivity index (χ0n) is 9.90. The van der Waals surface area contributed by atoms with Gasteiger partial charge in [-0.05, 0) is 12.1 Å². The predicted molar refractivity (Wildman–Crippen MR) is 67.9 cm³/mol. The Morgan fingerprint density at radius 3 is 2.83 bits per heavy atom. The van der Waals surface area contributed by atoms with Gasteiger partial charge in [-0.2, -0.15) is 4.73 Å². The van der Waals surface area contributed by atoms with Crippen LogP contribution in [0.15, 0.2) is 30.5 Å². The maximum absolute atomic E-state index is 14.1. The number of hydrogen-bond donors (Lipinski definition) is 1. The molecule has 1 aliphatic heterocycles. The Hall–Kier alpha value is -1.88. The number of benzene rings is 1. The van der Waals surface area contributed by atoms with Crippen LogP contribution in [0.25, 0.3) is 10.9 Å². The summed E-state index contributed by atoms with van der Waals surface area (Å²) in [7, 11) is 0. The summed E-state index contributed by atoms with van der Waals surface area (Å²) >= 11 is 0. The second-order valence-corrected chi connectivity index (χ2v) is 4.43. The molecule has 1 aromatic heterocycles. The molecule has 18 heavy (non-hydrogen) atoms. The van der Waals surface area contributed by atoms with Crippen LogP contribution >= 0.6 is 0 Å². The average Bonchev–Trinajstić information content (AvgIpc) is 2.39. The molecule has 0 amide bonds. The lowest BCUT2D eigenvalue weighted by atomic mass is 10.1. The third kappa shape index (κ3) is 1.86. The van der Waals surface area contributed by atoms with Crippen molar-refractivity contribution in [1.82, 2.24) is 5.32 Å². The van der Waals surface area contributed by atoms with Crippen molar-refractivity contribution in [3.05, 3.63) is 41.5 Å². The quantitative estimate of drug-likeness (QED) is 0.604. The molecular formula is C13H14FN3O. The molecular weight excluding hydrogens is 233 g/mol. The van der Waals surface area contributed by atoms with E-state index in [0.717, 1.165) is 30.9 Å². The molecule has 0 spiro atoms. The highest BCUT2D eigenvalue weighted by molar-refractivity contribution is 5.80. The molecule has 0 radical (unpaired) electrons. The lowest BCUT2D eigenvalue weighted by Gasteiger charge is -2.29. The maximum atomic E-state index is 14.1. The summed E-state index contributed by atoms with van der Waals surface area (Å²) in [6, 6.07) is 6.44. The fraction of sp³-hybridized carbons (Fsp3) is 0.308. The Balaban J connectivity index is 2.11.